The van der Waals surface area contributed by atoms with Gasteiger partial charge in [0.1, 0.15) is 0 Å². The van der Waals surface area contributed by atoms with Crippen molar-refractivity contribution in [2.75, 3.05) is 11.9 Å². The molecule has 1 atom stereocenters. The molecule has 0 amide bonds. The Labute approximate surface area is 120 Å². The monoisotopic (exact) mass is 306 g/mol. The lowest BCUT2D eigenvalue weighted by atomic mass is 10.2. The first-order valence-electron chi connectivity index (χ1n) is 5.78. The van der Waals surface area contributed by atoms with E-state index >= 15 is 0 Å². The molecule has 19 heavy (non-hydrogen) atoms. The lowest BCUT2D eigenvalue weighted by Gasteiger charge is -2.17. The van der Waals surface area contributed by atoms with Gasteiger partial charge in [-0.15, -0.1) is 0 Å². The van der Waals surface area contributed by atoms with Crippen LogP contribution in [0.3, 0.4) is 0 Å². The molecule has 7 heteroatoms. The standard InChI is InChI=1S/C12H16F2N2OS2/c1-2-8(7-17)15-12(18)16-9-3-5-10(6-4-9)19-11(13)14/h3-6,8,11,17H,2,7H2,1H3,(H2,15,16,18)/t8-/m1/s1. The van der Waals surface area contributed by atoms with Crippen LogP contribution in [0.2, 0.25) is 0 Å². The molecule has 1 aromatic carbocycles. The third kappa shape index (κ3) is 6.17. The molecular formula is C12H16F2N2OS2. The fraction of sp³-hybridized carbons (Fsp3) is 0.417. The Bertz CT molecular complexity index is 397. The summed E-state index contributed by atoms with van der Waals surface area (Å²) in [6.45, 7) is 1.94. The number of hydrogen-bond acceptors (Lipinski definition) is 3. The maximum absolute atomic E-state index is 12.1. The van der Waals surface area contributed by atoms with Gasteiger partial charge in [0, 0.05) is 10.6 Å². The van der Waals surface area contributed by atoms with Gasteiger partial charge in [0.25, 0.3) is 5.76 Å². The minimum absolute atomic E-state index is 0.00227. The molecule has 0 aliphatic rings. The van der Waals surface area contributed by atoms with Crippen LogP contribution in [0.5, 0.6) is 0 Å². The molecule has 0 heterocycles. The van der Waals surface area contributed by atoms with Gasteiger partial charge in [0.05, 0.1) is 12.6 Å². The van der Waals surface area contributed by atoms with E-state index < -0.39 is 5.76 Å². The predicted molar refractivity (Wildman–Crippen MR) is 78.8 cm³/mol. The molecule has 0 bridgehead atoms. The summed E-state index contributed by atoms with van der Waals surface area (Å²) in [5.41, 5.74) is 0.712. The highest BCUT2D eigenvalue weighted by molar-refractivity contribution is 7.99. The highest BCUT2D eigenvalue weighted by Crippen LogP contribution is 2.26. The van der Waals surface area contributed by atoms with Gasteiger partial charge in [-0.05, 0) is 42.9 Å². The van der Waals surface area contributed by atoms with Gasteiger partial charge in [0.15, 0.2) is 5.11 Å². The summed E-state index contributed by atoms with van der Waals surface area (Å²) in [7, 11) is 0. The molecule has 0 fully saturated rings. The van der Waals surface area contributed by atoms with Crippen LogP contribution in [0.4, 0.5) is 14.5 Å². The zero-order valence-electron chi connectivity index (χ0n) is 10.4. The second-order valence-corrected chi connectivity index (χ2v) is 5.26. The van der Waals surface area contributed by atoms with E-state index in [1.807, 2.05) is 6.92 Å². The van der Waals surface area contributed by atoms with Crippen molar-refractivity contribution in [3.05, 3.63) is 24.3 Å². The van der Waals surface area contributed by atoms with E-state index in [-0.39, 0.29) is 12.6 Å². The van der Waals surface area contributed by atoms with Gasteiger partial charge in [-0.25, -0.2) is 0 Å². The molecule has 0 unspecified atom stereocenters. The number of alkyl halides is 2. The van der Waals surface area contributed by atoms with E-state index in [1.54, 1.807) is 24.3 Å². The Balaban J connectivity index is 2.50. The van der Waals surface area contributed by atoms with Gasteiger partial charge in [-0.3, -0.25) is 0 Å². The van der Waals surface area contributed by atoms with E-state index in [9.17, 15) is 8.78 Å². The van der Waals surface area contributed by atoms with Crippen molar-refractivity contribution in [3.63, 3.8) is 0 Å². The number of hydrogen-bond donors (Lipinski definition) is 3. The van der Waals surface area contributed by atoms with E-state index in [0.717, 1.165) is 6.42 Å². The smallest absolute Gasteiger partial charge is 0.288 e. The predicted octanol–water partition coefficient (Wildman–Crippen LogP) is 3.06. The summed E-state index contributed by atoms with van der Waals surface area (Å²) in [5.74, 6) is -2.42. The molecule has 1 aromatic rings. The van der Waals surface area contributed by atoms with Gasteiger partial charge in [0.2, 0.25) is 0 Å². The van der Waals surface area contributed by atoms with Gasteiger partial charge < -0.3 is 15.7 Å². The van der Waals surface area contributed by atoms with Gasteiger partial charge >= 0.3 is 0 Å². The molecule has 0 spiro atoms. The molecule has 0 aromatic heterocycles. The van der Waals surface area contributed by atoms with E-state index in [0.29, 0.717) is 27.5 Å². The number of anilines is 1. The molecule has 1 rings (SSSR count). The maximum atomic E-state index is 12.1. The summed E-state index contributed by atoms with van der Waals surface area (Å²) < 4.78 is 24.3. The second-order valence-electron chi connectivity index (χ2n) is 3.79. The van der Waals surface area contributed by atoms with Crippen LogP contribution in [0.1, 0.15) is 13.3 Å². The fourth-order valence-electron chi connectivity index (χ4n) is 1.35. The van der Waals surface area contributed by atoms with Crippen molar-refractivity contribution in [3.8, 4) is 0 Å². The molecule has 106 valence electrons. The third-order valence-corrected chi connectivity index (χ3v) is 3.33. The normalized spacial score (nSPS) is 12.3. The highest BCUT2D eigenvalue weighted by atomic mass is 32.2. The summed E-state index contributed by atoms with van der Waals surface area (Å²) in [5, 5.41) is 15.3. The van der Waals surface area contributed by atoms with Crippen molar-refractivity contribution in [1.29, 1.82) is 0 Å². The Kier molecular flexibility index (Phi) is 7.04. The van der Waals surface area contributed by atoms with Crippen molar-refractivity contribution in [1.82, 2.24) is 5.32 Å². The van der Waals surface area contributed by atoms with Crippen LogP contribution < -0.4 is 10.6 Å². The average Bonchev–Trinajstić information content (AvgIpc) is 2.37. The number of rotatable bonds is 6. The van der Waals surface area contributed by atoms with Crippen LogP contribution in [0.25, 0.3) is 0 Å². The van der Waals surface area contributed by atoms with Crippen LogP contribution in [0.15, 0.2) is 29.2 Å². The molecule has 0 radical (unpaired) electrons. The number of benzene rings is 1. The number of thiocarbonyl (C=S) groups is 1. The molecule has 3 nitrogen and oxygen atoms in total. The Morgan fingerprint density at radius 3 is 2.47 bits per heavy atom. The van der Waals surface area contributed by atoms with Crippen LogP contribution in [-0.2, 0) is 0 Å². The van der Waals surface area contributed by atoms with Crippen molar-refractivity contribution < 1.29 is 13.9 Å². The topological polar surface area (TPSA) is 44.3 Å². The van der Waals surface area contributed by atoms with Crippen LogP contribution >= 0.6 is 24.0 Å². The lowest BCUT2D eigenvalue weighted by molar-refractivity contribution is 0.252. The van der Waals surface area contributed by atoms with E-state index in [1.165, 1.54) is 0 Å². The molecule has 0 aliphatic carbocycles. The van der Waals surface area contributed by atoms with Crippen molar-refractivity contribution in [2.45, 2.75) is 30.0 Å². The molecule has 0 saturated carbocycles. The van der Waals surface area contributed by atoms with Gasteiger partial charge in [-0.1, -0.05) is 18.7 Å². The maximum Gasteiger partial charge on any atom is 0.288 e. The summed E-state index contributed by atoms with van der Waals surface area (Å²) in [6.07, 6.45) is 0.752. The average molecular weight is 306 g/mol. The largest absolute Gasteiger partial charge is 0.394 e. The number of halogens is 2. The first kappa shape index (κ1) is 16.1. The second kappa shape index (κ2) is 8.29. The number of nitrogens with one attached hydrogen (secondary N) is 2. The lowest BCUT2D eigenvalue weighted by Crippen LogP contribution is -2.39. The van der Waals surface area contributed by atoms with Crippen molar-refractivity contribution >= 4 is 34.8 Å². The minimum Gasteiger partial charge on any atom is -0.394 e. The third-order valence-electron chi connectivity index (χ3n) is 2.39. The minimum atomic E-state index is -2.42. The fourth-order valence-corrected chi connectivity index (χ4v) is 2.13. The highest BCUT2D eigenvalue weighted by Gasteiger charge is 2.07. The summed E-state index contributed by atoms with van der Waals surface area (Å²) in [4.78, 5) is 0.501. The number of aliphatic hydroxyl groups is 1. The summed E-state index contributed by atoms with van der Waals surface area (Å²) in [6, 6.07) is 6.47. The van der Waals surface area contributed by atoms with Crippen LogP contribution in [0, 0.1) is 0 Å². The Morgan fingerprint density at radius 1 is 1.37 bits per heavy atom. The molecule has 0 aliphatic heterocycles. The zero-order valence-corrected chi connectivity index (χ0v) is 12.0. The first-order chi connectivity index (χ1) is 9.05. The molecule has 3 N–H and O–H groups in total. The summed E-state index contributed by atoms with van der Waals surface area (Å²) >= 11 is 5.59. The number of thioether (sulfide) groups is 1. The molecule has 0 saturated heterocycles. The van der Waals surface area contributed by atoms with Crippen molar-refractivity contribution in [2.24, 2.45) is 0 Å². The molecular weight excluding hydrogens is 290 g/mol. The van der Waals surface area contributed by atoms with Crippen LogP contribution in [-0.4, -0.2) is 28.6 Å². The SMILES string of the molecule is CC[C@H](CO)NC(=S)Nc1ccc(SC(F)F)cc1. The van der Waals surface area contributed by atoms with E-state index in [4.69, 9.17) is 17.3 Å². The quantitative estimate of drug-likeness (QED) is 0.557. The zero-order chi connectivity index (χ0) is 14.3. The van der Waals surface area contributed by atoms with Gasteiger partial charge in [-0.2, -0.15) is 8.78 Å². The van der Waals surface area contributed by atoms with E-state index in [2.05, 4.69) is 10.6 Å². The first-order valence-corrected chi connectivity index (χ1v) is 7.07. The Morgan fingerprint density at radius 2 is 2.00 bits per heavy atom. The Hall–Kier alpha value is -0.920. The number of aliphatic hydroxyl groups excluding tert-OH is 1.